The number of nitrogens with one attached hydrogen (secondary N) is 1. The first-order chi connectivity index (χ1) is 12.2. The fraction of sp³-hybridized carbons (Fsp3) is 0.318. The third-order valence-electron chi connectivity index (χ3n) is 5.28. The first-order valence-corrected chi connectivity index (χ1v) is 8.98. The van der Waals surface area contributed by atoms with Crippen molar-refractivity contribution in [1.29, 1.82) is 0 Å². The Kier molecular flexibility index (Phi) is 4.08. The molecule has 0 saturated heterocycles. The molecular weight excluding hydrogens is 310 g/mol. The van der Waals surface area contributed by atoms with Crippen LogP contribution in [0.3, 0.4) is 0 Å². The number of anilines is 1. The highest BCUT2D eigenvalue weighted by atomic mass is 16.5. The van der Waals surface area contributed by atoms with Crippen LogP contribution in [0, 0.1) is 12.8 Å². The van der Waals surface area contributed by atoms with Crippen LogP contribution in [0.1, 0.15) is 52.4 Å². The molecule has 25 heavy (non-hydrogen) atoms. The minimum Gasteiger partial charge on any atom is -0.462 e. The molecule has 0 spiro atoms. The van der Waals surface area contributed by atoms with Crippen molar-refractivity contribution in [2.24, 2.45) is 5.92 Å². The Morgan fingerprint density at radius 1 is 1.24 bits per heavy atom. The fourth-order valence-corrected chi connectivity index (χ4v) is 4.13. The smallest absolute Gasteiger partial charge is 0.338 e. The lowest BCUT2D eigenvalue weighted by Crippen LogP contribution is -2.29. The third kappa shape index (κ3) is 2.84. The molecule has 3 unspecified atom stereocenters. The van der Waals surface area contributed by atoms with E-state index in [2.05, 4.69) is 48.7 Å². The van der Waals surface area contributed by atoms with Crippen molar-refractivity contribution < 1.29 is 9.53 Å². The summed E-state index contributed by atoms with van der Waals surface area (Å²) in [4.78, 5) is 12.1. The van der Waals surface area contributed by atoms with E-state index in [1.807, 2.05) is 25.1 Å². The van der Waals surface area contributed by atoms with Gasteiger partial charge in [0.2, 0.25) is 0 Å². The van der Waals surface area contributed by atoms with Gasteiger partial charge in [0, 0.05) is 11.6 Å². The van der Waals surface area contributed by atoms with Crippen LogP contribution in [-0.2, 0) is 4.74 Å². The first-order valence-electron chi connectivity index (χ1n) is 8.98. The third-order valence-corrected chi connectivity index (χ3v) is 5.28. The predicted octanol–water partition coefficient (Wildman–Crippen LogP) is 5.00. The van der Waals surface area contributed by atoms with Crippen molar-refractivity contribution in [3.05, 3.63) is 76.9 Å². The molecule has 1 N–H and O–H groups in total. The maximum absolute atomic E-state index is 12.1. The molecule has 1 aliphatic carbocycles. The summed E-state index contributed by atoms with van der Waals surface area (Å²) >= 11 is 0. The lowest BCUT2D eigenvalue weighted by atomic mass is 9.76. The second-order valence-corrected chi connectivity index (χ2v) is 6.91. The fourth-order valence-electron chi connectivity index (χ4n) is 4.13. The number of rotatable bonds is 3. The Labute approximate surface area is 148 Å². The minimum atomic E-state index is -0.246. The average Bonchev–Trinajstić information content (AvgIpc) is 3.11. The second kappa shape index (κ2) is 6.40. The molecule has 3 nitrogen and oxygen atoms in total. The van der Waals surface area contributed by atoms with Crippen molar-refractivity contribution >= 4 is 11.7 Å². The predicted molar refractivity (Wildman–Crippen MR) is 99.9 cm³/mol. The number of ether oxygens (including phenoxy) is 1. The molecular formula is C22H23NO2. The van der Waals surface area contributed by atoms with Crippen molar-refractivity contribution in [3.8, 4) is 0 Å². The molecule has 4 rings (SSSR count). The number of carbonyl (C=O) groups excluding carboxylic acids is 1. The van der Waals surface area contributed by atoms with Gasteiger partial charge in [-0.2, -0.15) is 0 Å². The van der Waals surface area contributed by atoms with E-state index in [0.29, 0.717) is 30.0 Å². The molecule has 1 heterocycles. The van der Waals surface area contributed by atoms with Crippen LogP contribution in [0.2, 0.25) is 0 Å². The number of benzene rings is 2. The van der Waals surface area contributed by atoms with Crippen LogP contribution in [0.4, 0.5) is 5.69 Å². The normalized spacial score (nSPS) is 23.5. The first kappa shape index (κ1) is 15.9. The zero-order chi connectivity index (χ0) is 17.4. The summed E-state index contributed by atoms with van der Waals surface area (Å²) in [5.41, 5.74) is 5.57. The number of aryl methyl sites for hydroxylation is 1. The van der Waals surface area contributed by atoms with E-state index in [1.165, 1.54) is 16.7 Å². The second-order valence-electron chi connectivity index (χ2n) is 6.91. The van der Waals surface area contributed by atoms with Crippen LogP contribution < -0.4 is 5.32 Å². The lowest BCUT2D eigenvalue weighted by Gasteiger charge is -2.37. The maximum Gasteiger partial charge on any atom is 0.338 e. The Balaban J connectivity index is 1.72. The van der Waals surface area contributed by atoms with Gasteiger partial charge < -0.3 is 10.1 Å². The summed E-state index contributed by atoms with van der Waals surface area (Å²) in [6, 6.07) is 14.9. The lowest BCUT2D eigenvalue weighted by molar-refractivity contribution is 0.0526. The number of esters is 1. The van der Waals surface area contributed by atoms with Crippen molar-refractivity contribution in [2.45, 2.75) is 32.2 Å². The van der Waals surface area contributed by atoms with Gasteiger partial charge >= 0.3 is 5.97 Å². The number of fused-ring (bicyclic) bond motifs is 3. The van der Waals surface area contributed by atoms with Gasteiger partial charge in [-0.3, -0.25) is 0 Å². The van der Waals surface area contributed by atoms with E-state index in [9.17, 15) is 4.79 Å². The number of allylic oxidation sites excluding steroid dienone is 2. The number of carbonyl (C=O) groups is 1. The van der Waals surface area contributed by atoms with E-state index in [-0.39, 0.29) is 5.97 Å². The van der Waals surface area contributed by atoms with Gasteiger partial charge in [-0.25, -0.2) is 4.79 Å². The summed E-state index contributed by atoms with van der Waals surface area (Å²) in [6.07, 6.45) is 5.62. The minimum absolute atomic E-state index is 0.246. The largest absolute Gasteiger partial charge is 0.462 e. The van der Waals surface area contributed by atoms with Gasteiger partial charge in [0.15, 0.2) is 0 Å². The van der Waals surface area contributed by atoms with Crippen molar-refractivity contribution in [2.75, 3.05) is 11.9 Å². The SMILES string of the molecule is CCOC(=O)c1ccc2c(c1)C1C=CCC1C(c1cccc(C)c1)N2. The molecule has 0 saturated carbocycles. The Bertz CT molecular complexity index is 840. The number of hydrogen-bond donors (Lipinski definition) is 1. The molecule has 128 valence electrons. The molecule has 2 aromatic carbocycles. The highest BCUT2D eigenvalue weighted by Gasteiger charge is 2.38. The van der Waals surface area contributed by atoms with Crippen molar-refractivity contribution in [3.63, 3.8) is 0 Å². The Morgan fingerprint density at radius 2 is 2.12 bits per heavy atom. The Morgan fingerprint density at radius 3 is 2.92 bits per heavy atom. The van der Waals surface area contributed by atoms with E-state index < -0.39 is 0 Å². The molecule has 2 aliphatic rings. The quantitative estimate of drug-likeness (QED) is 0.634. The van der Waals surface area contributed by atoms with Crippen LogP contribution in [0.25, 0.3) is 0 Å². The molecule has 0 bridgehead atoms. The zero-order valence-corrected chi connectivity index (χ0v) is 14.7. The summed E-state index contributed by atoms with van der Waals surface area (Å²) < 4.78 is 5.16. The monoisotopic (exact) mass is 333 g/mol. The van der Waals surface area contributed by atoms with E-state index in [0.717, 1.165) is 12.1 Å². The van der Waals surface area contributed by atoms with Gasteiger partial charge in [0.1, 0.15) is 0 Å². The molecule has 1 aliphatic heterocycles. The summed E-state index contributed by atoms with van der Waals surface area (Å²) in [5.74, 6) is 0.576. The van der Waals surface area contributed by atoms with Crippen LogP contribution in [0.15, 0.2) is 54.6 Å². The summed E-state index contributed by atoms with van der Waals surface area (Å²) in [6.45, 7) is 4.37. The van der Waals surface area contributed by atoms with Gasteiger partial charge in [-0.1, -0.05) is 42.0 Å². The molecule has 0 amide bonds. The van der Waals surface area contributed by atoms with Crippen molar-refractivity contribution in [1.82, 2.24) is 0 Å². The van der Waals surface area contributed by atoms with Crippen LogP contribution in [0.5, 0.6) is 0 Å². The van der Waals surface area contributed by atoms with Gasteiger partial charge in [-0.15, -0.1) is 0 Å². The topological polar surface area (TPSA) is 38.3 Å². The Hall–Kier alpha value is -2.55. The highest BCUT2D eigenvalue weighted by molar-refractivity contribution is 5.90. The molecule has 3 heteroatoms. The zero-order valence-electron chi connectivity index (χ0n) is 14.7. The molecule has 0 aromatic heterocycles. The summed E-state index contributed by atoms with van der Waals surface area (Å²) in [5, 5.41) is 3.72. The molecule has 0 fully saturated rings. The molecule has 2 aromatic rings. The van der Waals surface area contributed by atoms with E-state index in [1.54, 1.807) is 0 Å². The van der Waals surface area contributed by atoms with Crippen LogP contribution in [-0.4, -0.2) is 12.6 Å². The van der Waals surface area contributed by atoms with Gasteiger partial charge in [0.25, 0.3) is 0 Å². The number of hydrogen-bond acceptors (Lipinski definition) is 3. The average molecular weight is 333 g/mol. The standard InChI is InChI=1S/C22H23NO2/c1-3-25-22(24)16-10-11-20-19(13-16)17-8-5-9-18(17)21(23-20)15-7-4-6-14(2)12-15/h4-8,10-13,17-18,21,23H,3,9H2,1-2H3. The van der Waals surface area contributed by atoms with Gasteiger partial charge in [-0.05, 0) is 55.5 Å². The molecule has 0 radical (unpaired) electrons. The van der Waals surface area contributed by atoms with E-state index in [4.69, 9.17) is 4.74 Å². The maximum atomic E-state index is 12.1. The van der Waals surface area contributed by atoms with E-state index >= 15 is 0 Å². The molecule has 3 atom stereocenters. The summed E-state index contributed by atoms with van der Waals surface area (Å²) in [7, 11) is 0. The van der Waals surface area contributed by atoms with Gasteiger partial charge in [0.05, 0.1) is 18.2 Å². The highest BCUT2D eigenvalue weighted by Crippen LogP contribution is 2.50. The van der Waals surface area contributed by atoms with Crippen LogP contribution >= 0.6 is 0 Å².